The minimum Gasteiger partial charge on any atom is -0.484 e. The highest BCUT2D eigenvalue weighted by atomic mass is 35.5. The van der Waals surface area contributed by atoms with E-state index in [4.69, 9.17) is 27.9 Å². The van der Waals surface area contributed by atoms with Gasteiger partial charge in [0.2, 0.25) is 0 Å². The van der Waals surface area contributed by atoms with Gasteiger partial charge in [0.25, 0.3) is 15.9 Å². The van der Waals surface area contributed by atoms with Crippen molar-refractivity contribution in [3.05, 3.63) is 88.4 Å². The summed E-state index contributed by atoms with van der Waals surface area (Å²) in [6.45, 7) is 2.10. The summed E-state index contributed by atoms with van der Waals surface area (Å²) in [6.07, 6.45) is 0. The number of nitrogens with zero attached hydrogens (tertiary/aromatic N) is 1. The van der Waals surface area contributed by atoms with E-state index < -0.39 is 10.0 Å². The first-order valence-corrected chi connectivity index (χ1v) is 12.0. The number of ether oxygens (including phenoxy) is 1. The van der Waals surface area contributed by atoms with Gasteiger partial charge in [0.1, 0.15) is 5.75 Å². The van der Waals surface area contributed by atoms with Crippen molar-refractivity contribution < 1.29 is 17.9 Å². The molecule has 0 heterocycles. The van der Waals surface area contributed by atoms with Crippen LogP contribution in [-0.2, 0) is 21.4 Å². The molecule has 0 radical (unpaired) electrons. The molecule has 6 nitrogen and oxygen atoms in total. The van der Waals surface area contributed by atoms with Crippen LogP contribution in [0.4, 0.5) is 5.69 Å². The zero-order valence-corrected chi connectivity index (χ0v) is 19.6. The van der Waals surface area contributed by atoms with Crippen LogP contribution in [0.15, 0.2) is 77.7 Å². The summed E-state index contributed by atoms with van der Waals surface area (Å²) in [5.41, 5.74) is 1.25. The predicted octanol–water partition coefficient (Wildman–Crippen LogP) is 4.90. The van der Waals surface area contributed by atoms with Crippen molar-refractivity contribution in [1.82, 2.24) is 5.32 Å². The van der Waals surface area contributed by atoms with Gasteiger partial charge in [-0.25, -0.2) is 8.42 Å². The molecule has 0 aromatic heterocycles. The molecule has 0 spiro atoms. The molecule has 0 aliphatic heterocycles. The van der Waals surface area contributed by atoms with Crippen LogP contribution in [0.3, 0.4) is 0 Å². The minimum absolute atomic E-state index is 0.190. The molecule has 0 fully saturated rings. The normalized spacial score (nSPS) is 11.1. The van der Waals surface area contributed by atoms with Crippen molar-refractivity contribution in [2.45, 2.75) is 18.4 Å². The van der Waals surface area contributed by atoms with Crippen LogP contribution in [0.25, 0.3) is 0 Å². The molecular weight excluding hydrogens is 471 g/mol. The SMILES string of the molecule is CCN(c1ccc(OCC(=O)NCc2ccc(Cl)cc2Cl)cc1)S(=O)(=O)c1ccccc1. The third-order valence-electron chi connectivity index (χ3n) is 4.60. The molecule has 3 aromatic carbocycles. The van der Waals surface area contributed by atoms with Crippen molar-refractivity contribution in [2.24, 2.45) is 0 Å². The van der Waals surface area contributed by atoms with Gasteiger partial charge in [0, 0.05) is 23.1 Å². The van der Waals surface area contributed by atoms with Gasteiger partial charge in [-0.3, -0.25) is 9.10 Å². The molecule has 9 heteroatoms. The van der Waals surface area contributed by atoms with E-state index in [1.54, 1.807) is 79.7 Å². The second kappa shape index (κ2) is 10.7. The lowest BCUT2D eigenvalue weighted by molar-refractivity contribution is -0.123. The summed E-state index contributed by atoms with van der Waals surface area (Å²) < 4.78 is 32.7. The first-order valence-electron chi connectivity index (χ1n) is 9.82. The van der Waals surface area contributed by atoms with Crippen molar-refractivity contribution in [1.29, 1.82) is 0 Å². The first-order chi connectivity index (χ1) is 15.3. The molecule has 3 rings (SSSR count). The van der Waals surface area contributed by atoms with Crippen LogP contribution in [0.1, 0.15) is 12.5 Å². The molecule has 0 atom stereocenters. The zero-order valence-electron chi connectivity index (χ0n) is 17.3. The minimum atomic E-state index is -3.67. The van der Waals surface area contributed by atoms with Crippen LogP contribution in [0.5, 0.6) is 5.75 Å². The average Bonchev–Trinajstić information content (AvgIpc) is 2.79. The monoisotopic (exact) mass is 492 g/mol. The Morgan fingerprint density at radius 1 is 1.00 bits per heavy atom. The standard InChI is InChI=1S/C23H22Cl2N2O4S/c1-2-27(32(29,30)21-6-4-3-5-7-21)19-10-12-20(13-11-19)31-16-23(28)26-15-17-8-9-18(24)14-22(17)25/h3-14H,2,15-16H2,1H3,(H,26,28). The van der Waals surface area contributed by atoms with E-state index in [1.165, 1.54) is 4.31 Å². The fraction of sp³-hybridized carbons (Fsp3) is 0.174. The van der Waals surface area contributed by atoms with Crippen molar-refractivity contribution >= 4 is 44.8 Å². The maximum absolute atomic E-state index is 12.9. The number of rotatable bonds is 9. The molecule has 32 heavy (non-hydrogen) atoms. The van der Waals surface area contributed by atoms with Crippen LogP contribution < -0.4 is 14.4 Å². The van der Waals surface area contributed by atoms with Gasteiger partial charge in [-0.05, 0) is 61.0 Å². The zero-order chi connectivity index (χ0) is 23.1. The molecule has 3 aromatic rings. The molecule has 0 aliphatic carbocycles. The van der Waals surface area contributed by atoms with Gasteiger partial charge < -0.3 is 10.1 Å². The van der Waals surface area contributed by atoms with Gasteiger partial charge in [-0.1, -0.05) is 47.5 Å². The average molecular weight is 493 g/mol. The van der Waals surface area contributed by atoms with E-state index in [1.807, 2.05) is 0 Å². The lowest BCUT2D eigenvalue weighted by Crippen LogP contribution is -2.30. The number of sulfonamides is 1. The predicted molar refractivity (Wildman–Crippen MR) is 127 cm³/mol. The van der Waals surface area contributed by atoms with Gasteiger partial charge in [-0.15, -0.1) is 0 Å². The molecule has 0 unspecified atom stereocenters. The van der Waals surface area contributed by atoms with E-state index in [0.29, 0.717) is 21.5 Å². The molecule has 1 amide bonds. The van der Waals surface area contributed by atoms with E-state index >= 15 is 0 Å². The number of halogens is 2. The lowest BCUT2D eigenvalue weighted by atomic mass is 10.2. The van der Waals surface area contributed by atoms with Gasteiger partial charge in [0.05, 0.1) is 10.6 Å². The van der Waals surface area contributed by atoms with E-state index in [9.17, 15) is 13.2 Å². The van der Waals surface area contributed by atoms with Gasteiger partial charge in [-0.2, -0.15) is 0 Å². The second-order valence-electron chi connectivity index (χ2n) is 6.78. The largest absolute Gasteiger partial charge is 0.484 e. The van der Waals surface area contributed by atoms with Crippen LogP contribution in [-0.4, -0.2) is 27.5 Å². The molecule has 0 saturated carbocycles. The fourth-order valence-corrected chi connectivity index (χ4v) is 4.95. The third-order valence-corrected chi connectivity index (χ3v) is 7.11. The highest BCUT2D eigenvalue weighted by Gasteiger charge is 2.23. The highest BCUT2D eigenvalue weighted by molar-refractivity contribution is 7.92. The summed E-state index contributed by atoms with van der Waals surface area (Å²) in [5.74, 6) is 0.128. The van der Waals surface area contributed by atoms with Crippen LogP contribution in [0, 0.1) is 0 Å². The summed E-state index contributed by atoms with van der Waals surface area (Å²) in [5, 5.41) is 3.72. The Balaban J connectivity index is 1.58. The number of anilines is 1. The maximum atomic E-state index is 12.9. The maximum Gasteiger partial charge on any atom is 0.264 e. The molecule has 0 saturated heterocycles. The number of hydrogen-bond acceptors (Lipinski definition) is 4. The Labute approximate surface area is 197 Å². The second-order valence-corrected chi connectivity index (χ2v) is 9.48. The van der Waals surface area contributed by atoms with Gasteiger partial charge >= 0.3 is 0 Å². The summed E-state index contributed by atoms with van der Waals surface area (Å²) in [6, 6.07) is 19.9. The molecule has 168 valence electrons. The number of carbonyl (C=O) groups is 1. The van der Waals surface area contributed by atoms with Gasteiger partial charge in [0.15, 0.2) is 6.61 Å². The number of hydrogen-bond donors (Lipinski definition) is 1. The molecule has 0 aliphatic rings. The topological polar surface area (TPSA) is 75.7 Å². The van der Waals surface area contributed by atoms with Crippen LogP contribution >= 0.6 is 23.2 Å². The van der Waals surface area contributed by atoms with Crippen molar-refractivity contribution in [3.63, 3.8) is 0 Å². The van der Waals surface area contributed by atoms with E-state index in [2.05, 4.69) is 5.32 Å². The van der Waals surface area contributed by atoms with Crippen molar-refractivity contribution in [3.8, 4) is 5.75 Å². The molecular formula is C23H22Cl2N2O4S. The van der Waals surface area contributed by atoms with E-state index in [-0.39, 0.29) is 30.5 Å². The summed E-state index contributed by atoms with van der Waals surface area (Å²) in [7, 11) is -3.67. The lowest BCUT2D eigenvalue weighted by Gasteiger charge is -2.23. The summed E-state index contributed by atoms with van der Waals surface area (Å²) >= 11 is 12.0. The smallest absolute Gasteiger partial charge is 0.264 e. The summed E-state index contributed by atoms with van der Waals surface area (Å²) in [4.78, 5) is 12.3. The third kappa shape index (κ3) is 5.94. The number of nitrogens with one attached hydrogen (secondary N) is 1. The number of amides is 1. The Morgan fingerprint density at radius 2 is 1.69 bits per heavy atom. The Bertz CT molecular complexity index is 1170. The molecule has 1 N–H and O–H groups in total. The quantitative estimate of drug-likeness (QED) is 0.460. The Morgan fingerprint density at radius 3 is 2.31 bits per heavy atom. The van der Waals surface area contributed by atoms with E-state index in [0.717, 1.165) is 5.56 Å². The fourth-order valence-electron chi connectivity index (χ4n) is 2.98. The van der Waals surface area contributed by atoms with Crippen molar-refractivity contribution in [2.75, 3.05) is 17.5 Å². The number of carbonyl (C=O) groups excluding carboxylic acids is 1. The number of benzene rings is 3. The Hall–Kier alpha value is -2.74. The first kappa shape index (κ1) is 23.9. The van der Waals surface area contributed by atoms with Crippen LogP contribution in [0.2, 0.25) is 10.0 Å². The Kier molecular flexibility index (Phi) is 8.01. The highest BCUT2D eigenvalue weighted by Crippen LogP contribution is 2.25. The molecule has 0 bridgehead atoms.